The highest BCUT2D eigenvalue weighted by atomic mass is 35.5. The van der Waals surface area contributed by atoms with Crippen LogP contribution in [0.15, 0.2) is 40.6 Å². The molecule has 100 valence electrons. The Hall–Kier alpha value is -1.64. The summed E-state index contributed by atoms with van der Waals surface area (Å²) in [5.74, 6) is 0. The van der Waals surface area contributed by atoms with Gasteiger partial charge in [-0.3, -0.25) is 14.8 Å². The smallest absolute Gasteiger partial charge is 0.271 e. The number of nitrogens with one attached hydrogen (secondary N) is 1. The Morgan fingerprint density at radius 3 is 2.58 bits per heavy atom. The lowest BCUT2D eigenvalue weighted by Gasteiger charge is -2.05. The molecule has 0 amide bonds. The number of nitro groups is 1. The van der Waals surface area contributed by atoms with Crippen molar-refractivity contribution in [1.82, 2.24) is 0 Å². The molecule has 1 aromatic carbocycles. The molecule has 0 aliphatic carbocycles. The van der Waals surface area contributed by atoms with E-state index in [9.17, 15) is 18.5 Å². The summed E-state index contributed by atoms with van der Waals surface area (Å²) in [6.45, 7) is 0. The Morgan fingerprint density at radius 2 is 2.00 bits per heavy atom. The van der Waals surface area contributed by atoms with E-state index in [4.69, 9.17) is 11.6 Å². The normalized spacial score (nSPS) is 11.2. The molecule has 0 radical (unpaired) electrons. The van der Waals surface area contributed by atoms with E-state index in [2.05, 4.69) is 4.72 Å². The molecule has 2 rings (SSSR count). The molecular formula is C10H7ClN2O4S2. The fraction of sp³-hybridized carbons (Fsp3) is 0. The molecule has 0 saturated carbocycles. The standard InChI is InChI=1S/C10H7ClN2O4S2/c11-9-4-5-10(18-9)19(16,17)12-7-2-1-3-8(6-7)13(14)15/h1-6,12H. The van der Waals surface area contributed by atoms with E-state index in [0.29, 0.717) is 4.34 Å². The zero-order chi connectivity index (χ0) is 14.0. The van der Waals surface area contributed by atoms with Gasteiger partial charge in [-0.15, -0.1) is 11.3 Å². The van der Waals surface area contributed by atoms with Crippen LogP contribution in [0, 0.1) is 10.1 Å². The van der Waals surface area contributed by atoms with E-state index >= 15 is 0 Å². The molecule has 0 spiro atoms. The van der Waals surface area contributed by atoms with Crippen LogP contribution in [-0.2, 0) is 10.0 Å². The lowest BCUT2D eigenvalue weighted by atomic mass is 10.3. The van der Waals surface area contributed by atoms with Crippen LogP contribution in [0.3, 0.4) is 0 Å². The summed E-state index contributed by atoms with van der Waals surface area (Å²) in [6, 6.07) is 8.09. The molecule has 0 saturated heterocycles. The van der Waals surface area contributed by atoms with Crippen molar-refractivity contribution < 1.29 is 13.3 Å². The molecule has 0 unspecified atom stereocenters. The van der Waals surface area contributed by atoms with Crippen LogP contribution in [0.25, 0.3) is 0 Å². The maximum absolute atomic E-state index is 12.0. The highest BCUT2D eigenvalue weighted by Crippen LogP contribution is 2.27. The SMILES string of the molecule is O=[N+]([O-])c1cccc(NS(=O)(=O)c2ccc(Cl)s2)c1. The minimum absolute atomic E-state index is 0.0454. The lowest BCUT2D eigenvalue weighted by Crippen LogP contribution is -2.11. The van der Waals surface area contributed by atoms with Gasteiger partial charge in [0.05, 0.1) is 14.9 Å². The van der Waals surface area contributed by atoms with E-state index in [-0.39, 0.29) is 15.6 Å². The van der Waals surface area contributed by atoms with Crippen LogP contribution in [0.5, 0.6) is 0 Å². The van der Waals surface area contributed by atoms with Crippen molar-refractivity contribution in [2.75, 3.05) is 4.72 Å². The zero-order valence-corrected chi connectivity index (χ0v) is 11.6. The highest BCUT2D eigenvalue weighted by molar-refractivity contribution is 7.94. The van der Waals surface area contributed by atoms with E-state index in [0.717, 1.165) is 17.4 Å². The maximum atomic E-state index is 12.0. The Morgan fingerprint density at radius 1 is 1.26 bits per heavy atom. The van der Waals surface area contributed by atoms with Crippen molar-refractivity contribution in [1.29, 1.82) is 0 Å². The summed E-state index contributed by atoms with van der Waals surface area (Å²) in [5, 5.41) is 10.6. The summed E-state index contributed by atoms with van der Waals surface area (Å²) in [7, 11) is -3.77. The van der Waals surface area contributed by atoms with Gasteiger partial charge in [0, 0.05) is 12.1 Å². The molecule has 2 aromatic rings. The van der Waals surface area contributed by atoms with Crippen LogP contribution < -0.4 is 4.72 Å². The topological polar surface area (TPSA) is 89.3 Å². The van der Waals surface area contributed by atoms with E-state index in [1.54, 1.807) is 0 Å². The molecular weight excluding hydrogens is 312 g/mol. The number of anilines is 1. The van der Waals surface area contributed by atoms with Crippen molar-refractivity contribution in [3.05, 3.63) is 50.8 Å². The Kier molecular flexibility index (Phi) is 3.74. The van der Waals surface area contributed by atoms with Crippen LogP contribution in [0.4, 0.5) is 11.4 Å². The molecule has 1 heterocycles. The van der Waals surface area contributed by atoms with Crippen LogP contribution in [-0.4, -0.2) is 13.3 Å². The molecule has 0 bridgehead atoms. The summed E-state index contributed by atoms with van der Waals surface area (Å²) in [6.07, 6.45) is 0. The van der Waals surface area contributed by atoms with Gasteiger partial charge < -0.3 is 0 Å². The number of hydrogen-bond acceptors (Lipinski definition) is 5. The number of sulfonamides is 1. The molecule has 1 N–H and O–H groups in total. The molecule has 0 aliphatic heterocycles. The van der Waals surface area contributed by atoms with Crippen molar-refractivity contribution in [2.45, 2.75) is 4.21 Å². The van der Waals surface area contributed by atoms with Gasteiger partial charge in [-0.2, -0.15) is 0 Å². The average molecular weight is 319 g/mol. The summed E-state index contributed by atoms with van der Waals surface area (Å²) < 4.78 is 26.6. The van der Waals surface area contributed by atoms with Crippen molar-refractivity contribution in [2.24, 2.45) is 0 Å². The Labute approximate surface area is 117 Å². The lowest BCUT2D eigenvalue weighted by molar-refractivity contribution is -0.384. The Bertz CT molecular complexity index is 727. The van der Waals surface area contributed by atoms with E-state index < -0.39 is 14.9 Å². The first-order chi connectivity index (χ1) is 8.88. The van der Waals surface area contributed by atoms with Gasteiger partial charge in [0.1, 0.15) is 4.21 Å². The molecule has 9 heteroatoms. The third kappa shape index (κ3) is 3.22. The number of benzene rings is 1. The average Bonchev–Trinajstić information content (AvgIpc) is 2.76. The van der Waals surface area contributed by atoms with Crippen LogP contribution in [0.2, 0.25) is 4.34 Å². The fourth-order valence-corrected chi connectivity index (χ4v) is 3.86. The fourth-order valence-electron chi connectivity index (χ4n) is 1.33. The van der Waals surface area contributed by atoms with Crippen LogP contribution in [0.1, 0.15) is 0 Å². The molecule has 1 aromatic heterocycles. The minimum Gasteiger partial charge on any atom is -0.279 e. The molecule has 0 atom stereocenters. The second-order valence-electron chi connectivity index (χ2n) is 3.47. The second-order valence-corrected chi connectivity index (χ2v) is 7.10. The quantitative estimate of drug-likeness (QED) is 0.692. The first-order valence-electron chi connectivity index (χ1n) is 4.91. The first kappa shape index (κ1) is 13.8. The van der Waals surface area contributed by atoms with Gasteiger partial charge in [-0.25, -0.2) is 8.42 Å². The number of nitrogens with zero attached hydrogens (tertiary/aromatic N) is 1. The van der Waals surface area contributed by atoms with Crippen molar-refractivity contribution in [3.8, 4) is 0 Å². The second kappa shape index (κ2) is 5.16. The van der Waals surface area contributed by atoms with Gasteiger partial charge in [0.2, 0.25) is 0 Å². The molecule has 19 heavy (non-hydrogen) atoms. The number of nitro benzene ring substituents is 1. The third-order valence-electron chi connectivity index (χ3n) is 2.12. The zero-order valence-electron chi connectivity index (χ0n) is 9.24. The monoisotopic (exact) mass is 318 g/mol. The molecule has 0 fully saturated rings. The number of halogens is 1. The predicted molar refractivity (Wildman–Crippen MR) is 73.2 cm³/mol. The summed E-state index contributed by atoms with van der Waals surface area (Å²) in [5.41, 5.74) is -0.0665. The van der Waals surface area contributed by atoms with Gasteiger partial charge in [0.15, 0.2) is 0 Å². The maximum Gasteiger partial charge on any atom is 0.271 e. The van der Waals surface area contributed by atoms with Gasteiger partial charge in [-0.05, 0) is 18.2 Å². The van der Waals surface area contributed by atoms with E-state index in [1.165, 1.54) is 30.3 Å². The van der Waals surface area contributed by atoms with Crippen molar-refractivity contribution >= 4 is 44.3 Å². The third-order valence-corrected chi connectivity index (χ3v) is 5.23. The predicted octanol–water partition coefficient (Wildman–Crippen LogP) is 3.11. The van der Waals surface area contributed by atoms with Gasteiger partial charge in [0.25, 0.3) is 15.7 Å². The van der Waals surface area contributed by atoms with Crippen molar-refractivity contribution in [3.63, 3.8) is 0 Å². The number of rotatable bonds is 4. The largest absolute Gasteiger partial charge is 0.279 e. The first-order valence-corrected chi connectivity index (χ1v) is 7.59. The Balaban J connectivity index is 2.30. The molecule has 0 aliphatic rings. The summed E-state index contributed by atoms with van der Waals surface area (Å²) >= 11 is 6.58. The van der Waals surface area contributed by atoms with Gasteiger partial charge >= 0.3 is 0 Å². The van der Waals surface area contributed by atoms with Gasteiger partial charge in [-0.1, -0.05) is 17.7 Å². The number of thiophene rings is 1. The highest BCUT2D eigenvalue weighted by Gasteiger charge is 2.17. The minimum atomic E-state index is -3.77. The molecule has 6 nitrogen and oxygen atoms in total. The van der Waals surface area contributed by atoms with E-state index in [1.807, 2.05) is 0 Å². The van der Waals surface area contributed by atoms with Crippen LogP contribution >= 0.6 is 22.9 Å². The number of non-ortho nitro benzene ring substituents is 1. The number of hydrogen-bond donors (Lipinski definition) is 1. The summed E-state index contributed by atoms with van der Waals surface area (Å²) in [4.78, 5) is 10.0.